The van der Waals surface area contributed by atoms with Crippen molar-refractivity contribution in [3.05, 3.63) is 57.6 Å². The molecule has 2 aromatic carbocycles. The second-order valence-corrected chi connectivity index (χ2v) is 19.8. The Bertz CT molecular complexity index is 1260. The average molecular weight is 675 g/mol. The standard InChI is InChI=1S/C38H60O6P2/c1-25(2)15-28-19-30(35(6,7)8)20-29(16-26(3)4)33(28)43-45-39-21-38(22-40-45)23-41-46(42-24-38)44-34-31(36(9,10)11)17-27(5)18-32(34)37(12,13)14/h17-20,25-26H,15-16,21-24H2,1-14H3. The van der Waals surface area contributed by atoms with Crippen LogP contribution >= 0.6 is 17.2 Å². The van der Waals surface area contributed by atoms with E-state index < -0.39 is 22.6 Å². The van der Waals surface area contributed by atoms with Crippen LogP contribution in [0.5, 0.6) is 11.5 Å². The van der Waals surface area contributed by atoms with Gasteiger partial charge in [-0.15, -0.1) is 0 Å². The van der Waals surface area contributed by atoms with Crippen molar-refractivity contribution in [1.82, 2.24) is 0 Å². The SMILES string of the molecule is Cc1cc(C(C)(C)C)c(OP2OCC3(COP(Oc4c(CC(C)C)cc(C(C)(C)C)cc4CC(C)C)OC3)CO2)c(C(C)(C)C)c1. The summed E-state index contributed by atoms with van der Waals surface area (Å²) in [5.74, 6) is 2.82. The topological polar surface area (TPSA) is 55.4 Å². The minimum Gasteiger partial charge on any atom is -0.426 e. The molecular formula is C38H60O6P2. The number of hydrogen-bond acceptors (Lipinski definition) is 6. The van der Waals surface area contributed by atoms with E-state index in [0.29, 0.717) is 38.3 Å². The quantitative estimate of drug-likeness (QED) is 0.260. The molecule has 0 amide bonds. The Labute approximate surface area is 282 Å². The van der Waals surface area contributed by atoms with Gasteiger partial charge in [0.05, 0.1) is 31.8 Å². The van der Waals surface area contributed by atoms with Crippen molar-refractivity contribution in [3.8, 4) is 11.5 Å². The molecule has 0 bridgehead atoms. The molecule has 2 saturated heterocycles. The van der Waals surface area contributed by atoms with Crippen molar-refractivity contribution in [2.24, 2.45) is 17.3 Å². The second-order valence-electron chi connectivity index (χ2n) is 17.5. The molecule has 8 heteroatoms. The van der Waals surface area contributed by atoms with Crippen LogP contribution in [0, 0.1) is 24.2 Å². The highest BCUT2D eigenvalue weighted by Crippen LogP contribution is 2.55. The molecule has 4 rings (SSSR count). The Kier molecular flexibility index (Phi) is 11.7. The van der Waals surface area contributed by atoms with E-state index in [2.05, 4.69) is 121 Å². The minimum absolute atomic E-state index is 0.0533. The molecule has 0 aromatic heterocycles. The minimum atomic E-state index is -1.56. The molecule has 0 aliphatic carbocycles. The largest absolute Gasteiger partial charge is 0.426 e. The number of rotatable bonds is 8. The lowest BCUT2D eigenvalue weighted by Gasteiger charge is -2.42. The van der Waals surface area contributed by atoms with Gasteiger partial charge in [-0.1, -0.05) is 120 Å². The number of aryl methyl sites for hydroxylation is 1. The average Bonchev–Trinajstić information content (AvgIpc) is 2.91. The maximum atomic E-state index is 6.64. The van der Waals surface area contributed by atoms with Crippen LogP contribution in [-0.2, 0) is 47.2 Å². The summed E-state index contributed by atoms with van der Waals surface area (Å²) in [5.41, 5.74) is 6.86. The van der Waals surface area contributed by atoms with Crippen molar-refractivity contribution < 1.29 is 27.1 Å². The number of benzene rings is 2. The van der Waals surface area contributed by atoms with Gasteiger partial charge in [0, 0.05) is 11.1 Å². The normalized spacial score (nSPS) is 23.0. The summed E-state index contributed by atoms with van der Waals surface area (Å²) >= 11 is 0. The van der Waals surface area contributed by atoms with Crippen LogP contribution in [0.25, 0.3) is 0 Å². The third-order valence-electron chi connectivity index (χ3n) is 8.45. The van der Waals surface area contributed by atoms with Gasteiger partial charge in [-0.3, -0.25) is 0 Å². The van der Waals surface area contributed by atoms with Gasteiger partial charge in [-0.2, -0.15) is 0 Å². The molecule has 2 aromatic rings. The van der Waals surface area contributed by atoms with E-state index in [4.69, 9.17) is 27.1 Å². The van der Waals surface area contributed by atoms with Gasteiger partial charge in [0.25, 0.3) is 0 Å². The lowest BCUT2D eigenvalue weighted by atomic mass is 9.78. The third-order valence-corrected chi connectivity index (χ3v) is 10.5. The molecule has 0 saturated carbocycles. The Morgan fingerprint density at radius 3 is 1.30 bits per heavy atom. The zero-order valence-electron chi connectivity index (χ0n) is 31.1. The molecule has 0 N–H and O–H groups in total. The van der Waals surface area contributed by atoms with Crippen molar-refractivity contribution in [3.63, 3.8) is 0 Å². The van der Waals surface area contributed by atoms with Crippen molar-refractivity contribution >= 4 is 17.2 Å². The van der Waals surface area contributed by atoms with Gasteiger partial charge in [0.2, 0.25) is 0 Å². The highest BCUT2D eigenvalue weighted by Gasteiger charge is 2.45. The van der Waals surface area contributed by atoms with Gasteiger partial charge >= 0.3 is 17.2 Å². The first kappa shape index (κ1) is 37.6. The Hall–Kier alpha value is -1.26. The molecule has 2 heterocycles. The monoisotopic (exact) mass is 674 g/mol. The molecule has 0 unspecified atom stereocenters. The lowest BCUT2D eigenvalue weighted by molar-refractivity contribution is -0.0674. The lowest BCUT2D eigenvalue weighted by Crippen LogP contribution is -2.45. The van der Waals surface area contributed by atoms with Gasteiger partial charge in [-0.25, -0.2) is 0 Å². The Morgan fingerprint density at radius 1 is 0.609 bits per heavy atom. The van der Waals surface area contributed by atoms with Crippen LogP contribution in [0.3, 0.4) is 0 Å². The summed E-state index contributed by atoms with van der Waals surface area (Å²) < 4.78 is 38.5. The molecule has 2 aliphatic heterocycles. The third kappa shape index (κ3) is 9.46. The van der Waals surface area contributed by atoms with E-state index in [1.165, 1.54) is 33.4 Å². The summed E-state index contributed by atoms with van der Waals surface area (Å²) in [6.07, 6.45) is 1.88. The van der Waals surface area contributed by atoms with Crippen molar-refractivity contribution in [1.29, 1.82) is 0 Å². The predicted octanol–water partition coefficient (Wildman–Crippen LogP) is 11.3. The van der Waals surface area contributed by atoms with E-state index in [1.807, 2.05) is 0 Å². The van der Waals surface area contributed by atoms with Crippen LogP contribution in [0.1, 0.15) is 123 Å². The summed E-state index contributed by atoms with van der Waals surface area (Å²) in [7, 11) is -3.11. The fourth-order valence-electron chi connectivity index (χ4n) is 5.81. The van der Waals surface area contributed by atoms with E-state index >= 15 is 0 Å². The summed E-state index contributed by atoms with van der Waals surface area (Å²) in [5, 5.41) is 0. The first-order valence-corrected chi connectivity index (χ1v) is 19.2. The first-order chi connectivity index (χ1) is 21.2. The summed E-state index contributed by atoms with van der Waals surface area (Å²) in [6.45, 7) is 33.1. The molecule has 0 atom stereocenters. The molecule has 2 fully saturated rings. The van der Waals surface area contributed by atoms with E-state index in [0.717, 1.165) is 24.3 Å². The van der Waals surface area contributed by atoms with Crippen LogP contribution in [0.15, 0.2) is 24.3 Å². The van der Waals surface area contributed by atoms with Crippen LogP contribution in [0.2, 0.25) is 0 Å². The summed E-state index contributed by atoms with van der Waals surface area (Å²) in [4.78, 5) is 0. The molecular weight excluding hydrogens is 614 g/mol. The van der Waals surface area contributed by atoms with Crippen LogP contribution < -0.4 is 9.05 Å². The van der Waals surface area contributed by atoms with Crippen molar-refractivity contribution in [2.75, 3.05) is 26.4 Å². The van der Waals surface area contributed by atoms with Gasteiger partial charge < -0.3 is 27.1 Å². The van der Waals surface area contributed by atoms with Gasteiger partial charge in [0.15, 0.2) is 0 Å². The van der Waals surface area contributed by atoms with E-state index in [1.54, 1.807) is 0 Å². The van der Waals surface area contributed by atoms with Crippen molar-refractivity contribution in [2.45, 2.75) is 126 Å². The Balaban J connectivity index is 1.47. The Morgan fingerprint density at radius 2 is 0.978 bits per heavy atom. The molecule has 0 radical (unpaired) electrons. The second kappa shape index (κ2) is 14.3. The summed E-state index contributed by atoms with van der Waals surface area (Å²) in [6, 6.07) is 9.11. The zero-order chi connectivity index (χ0) is 34.2. The van der Waals surface area contributed by atoms with Crippen LogP contribution in [0.4, 0.5) is 0 Å². The first-order valence-electron chi connectivity index (χ1n) is 17.0. The smallest absolute Gasteiger partial charge is 0.397 e. The highest BCUT2D eigenvalue weighted by molar-refractivity contribution is 7.42. The fourth-order valence-corrected chi connectivity index (χ4v) is 8.42. The number of hydrogen-bond donors (Lipinski definition) is 0. The zero-order valence-corrected chi connectivity index (χ0v) is 32.8. The maximum absolute atomic E-state index is 6.64. The van der Waals surface area contributed by atoms with E-state index in [-0.39, 0.29) is 16.2 Å². The van der Waals surface area contributed by atoms with Gasteiger partial charge in [-0.05, 0) is 64.5 Å². The van der Waals surface area contributed by atoms with Gasteiger partial charge in [0.1, 0.15) is 11.5 Å². The molecule has 1 spiro atoms. The van der Waals surface area contributed by atoms with Crippen LogP contribution in [-0.4, -0.2) is 26.4 Å². The fraction of sp³-hybridized carbons (Fsp3) is 0.684. The molecule has 46 heavy (non-hydrogen) atoms. The van der Waals surface area contributed by atoms with E-state index in [9.17, 15) is 0 Å². The highest BCUT2D eigenvalue weighted by atomic mass is 31.2. The maximum Gasteiger partial charge on any atom is 0.397 e. The molecule has 2 aliphatic rings. The molecule has 258 valence electrons. The predicted molar refractivity (Wildman–Crippen MR) is 192 cm³/mol. The molecule has 6 nitrogen and oxygen atoms in total.